The summed E-state index contributed by atoms with van der Waals surface area (Å²) >= 11 is 1.50. The van der Waals surface area contributed by atoms with Gasteiger partial charge in [0, 0.05) is 35.8 Å². The minimum Gasteiger partial charge on any atom is -0.507 e. The van der Waals surface area contributed by atoms with E-state index in [1.807, 2.05) is 60.0 Å². The summed E-state index contributed by atoms with van der Waals surface area (Å²) < 4.78 is 7.35. The van der Waals surface area contributed by atoms with Gasteiger partial charge in [-0.25, -0.2) is 4.68 Å². The molecule has 0 spiro atoms. The van der Waals surface area contributed by atoms with Gasteiger partial charge in [0.25, 0.3) is 0 Å². The molecule has 0 radical (unpaired) electrons. The Morgan fingerprint density at radius 3 is 2.56 bits per heavy atom. The molecule has 0 atom stereocenters. The van der Waals surface area contributed by atoms with Crippen molar-refractivity contribution in [1.82, 2.24) is 4.68 Å². The summed E-state index contributed by atoms with van der Waals surface area (Å²) in [6, 6.07) is 19.5. The van der Waals surface area contributed by atoms with Crippen LogP contribution in [0.25, 0.3) is 11.5 Å². The van der Waals surface area contributed by atoms with Gasteiger partial charge in [0.05, 0.1) is 19.0 Å². The molecule has 0 bridgehead atoms. The summed E-state index contributed by atoms with van der Waals surface area (Å²) in [5.74, 6) is 0.900. The average Bonchev–Trinajstić information content (AvgIpc) is 3.48. The Bertz CT molecular complexity index is 1240. The van der Waals surface area contributed by atoms with E-state index in [0.29, 0.717) is 17.9 Å². The van der Waals surface area contributed by atoms with Gasteiger partial charge in [0.15, 0.2) is 5.76 Å². The number of benzene rings is 2. The first-order chi connectivity index (χ1) is 15.7. The van der Waals surface area contributed by atoms with Crippen molar-refractivity contribution < 1.29 is 9.52 Å². The first-order valence-corrected chi connectivity index (χ1v) is 11.5. The largest absolute Gasteiger partial charge is 0.507 e. The number of anilines is 1. The first kappa shape index (κ1) is 21.6. The number of phenols is 1. The molecule has 2 aromatic carbocycles. The summed E-state index contributed by atoms with van der Waals surface area (Å²) in [6.07, 6.45) is 3.29. The molecule has 0 unspecified atom stereocenters. The molecule has 0 aliphatic heterocycles. The SMILES string of the molecule is CCN(CC)c1ccc(C=Nn2c(-c3ccco3)csc2=NCc2ccccc2)c(O)c1. The molecular weight excluding hydrogens is 420 g/mol. The van der Waals surface area contributed by atoms with Crippen LogP contribution in [-0.2, 0) is 6.54 Å². The zero-order chi connectivity index (χ0) is 22.3. The van der Waals surface area contributed by atoms with Crippen LogP contribution in [0.5, 0.6) is 5.75 Å². The Morgan fingerprint density at radius 2 is 1.88 bits per heavy atom. The maximum Gasteiger partial charge on any atom is 0.206 e. The van der Waals surface area contributed by atoms with Crippen LogP contribution in [0.1, 0.15) is 25.0 Å². The highest BCUT2D eigenvalue weighted by Gasteiger charge is 2.11. The van der Waals surface area contributed by atoms with Crippen LogP contribution in [0, 0.1) is 0 Å². The Kier molecular flexibility index (Phi) is 6.87. The zero-order valence-electron chi connectivity index (χ0n) is 18.2. The molecule has 7 heteroatoms. The Labute approximate surface area is 191 Å². The van der Waals surface area contributed by atoms with Gasteiger partial charge in [-0.1, -0.05) is 30.3 Å². The minimum absolute atomic E-state index is 0.191. The van der Waals surface area contributed by atoms with Crippen molar-refractivity contribution in [3.63, 3.8) is 0 Å². The lowest BCUT2D eigenvalue weighted by Crippen LogP contribution is -2.21. The molecule has 6 nitrogen and oxygen atoms in total. The average molecular weight is 447 g/mol. The van der Waals surface area contributed by atoms with E-state index >= 15 is 0 Å². The molecule has 4 aromatic rings. The molecule has 2 aromatic heterocycles. The van der Waals surface area contributed by atoms with Crippen molar-refractivity contribution in [3.05, 3.63) is 88.2 Å². The summed E-state index contributed by atoms with van der Waals surface area (Å²) in [5.41, 5.74) is 3.56. The van der Waals surface area contributed by atoms with Gasteiger partial charge in [-0.05, 0) is 43.7 Å². The third kappa shape index (κ3) is 4.84. The van der Waals surface area contributed by atoms with Crippen molar-refractivity contribution in [1.29, 1.82) is 0 Å². The van der Waals surface area contributed by atoms with Crippen LogP contribution < -0.4 is 9.70 Å². The molecule has 0 fully saturated rings. The number of hydrogen-bond donors (Lipinski definition) is 1. The van der Waals surface area contributed by atoms with E-state index in [0.717, 1.165) is 34.8 Å². The fourth-order valence-corrected chi connectivity index (χ4v) is 4.22. The second kappa shape index (κ2) is 10.2. The predicted molar refractivity (Wildman–Crippen MR) is 130 cm³/mol. The highest BCUT2D eigenvalue weighted by molar-refractivity contribution is 7.07. The van der Waals surface area contributed by atoms with E-state index in [9.17, 15) is 5.11 Å². The fraction of sp³-hybridized carbons (Fsp3) is 0.200. The summed E-state index contributed by atoms with van der Waals surface area (Å²) in [6.45, 7) is 6.51. The van der Waals surface area contributed by atoms with E-state index in [4.69, 9.17) is 9.41 Å². The van der Waals surface area contributed by atoms with E-state index in [1.54, 1.807) is 23.2 Å². The highest BCUT2D eigenvalue weighted by atomic mass is 32.1. The zero-order valence-corrected chi connectivity index (χ0v) is 19.0. The van der Waals surface area contributed by atoms with Gasteiger partial charge in [-0.15, -0.1) is 11.3 Å². The number of thiazole rings is 1. The Morgan fingerprint density at radius 1 is 1.06 bits per heavy atom. The standard InChI is InChI=1S/C25H26N4O2S/c1-3-28(4-2)21-13-12-20(23(30)15-21)17-27-29-22(24-11-8-14-31-24)18-32-25(29)26-16-19-9-6-5-7-10-19/h5-15,17-18,30H,3-4,16H2,1-2H3. The molecule has 0 amide bonds. The van der Waals surface area contributed by atoms with Gasteiger partial charge < -0.3 is 14.4 Å². The van der Waals surface area contributed by atoms with Crippen LogP contribution in [0.3, 0.4) is 0 Å². The Balaban J connectivity index is 1.69. The maximum absolute atomic E-state index is 10.6. The predicted octanol–water partition coefficient (Wildman–Crippen LogP) is 5.34. The van der Waals surface area contributed by atoms with Crippen LogP contribution in [0.4, 0.5) is 5.69 Å². The molecule has 4 rings (SSSR count). The van der Waals surface area contributed by atoms with Gasteiger partial charge >= 0.3 is 0 Å². The number of aromatic nitrogens is 1. The number of furan rings is 1. The summed E-state index contributed by atoms with van der Waals surface area (Å²) in [5, 5.41) is 17.2. The van der Waals surface area contributed by atoms with E-state index < -0.39 is 0 Å². The molecule has 0 saturated heterocycles. The monoisotopic (exact) mass is 446 g/mol. The lowest BCUT2D eigenvalue weighted by molar-refractivity contribution is 0.474. The molecule has 1 N–H and O–H groups in total. The Hall–Kier alpha value is -3.58. The van der Waals surface area contributed by atoms with Crippen molar-refractivity contribution in [2.24, 2.45) is 10.1 Å². The summed E-state index contributed by atoms with van der Waals surface area (Å²) in [7, 11) is 0. The highest BCUT2D eigenvalue weighted by Crippen LogP contribution is 2.24. The smallest absolute Gasteiger partial charge is 0.206 e. The van der Waals surface area contributed by atoms with Crippen LogP contribution in [-0.4, -0.2) is 29.1 Å². The van der Waals surface area contributed by atoms with Crippen molar-refractivity contribution in [2.45, 2.75) is 20.4 Å². The molecule has 2 heterocycles. The quantitative estimate of drug-likeness (QED) is 0.371. The number of aromatic hydroxyl groups is 1. The topological polar surface area (TPSA) is 66.3 Å². The van der Waals surface area contributed by atoms with E-state index in [1.165, 1.54) is 11.3 Å². The second-order valence-corrected chi connectivity index (χ2v) is 7.99. The maximum atomic E-state index is 10.6. The van der Waals surface area contributed by atoms with Crippen LogP contribution in [0.2, 0.25) is 0 Å². The first-order valence-electron chi connectivity index (χ1n) is 10.6. The van der Waals surface area contributed by atoms with Crippen LogP contribution in [0.15, 0.2) is 86.8 Å². The third-order valence-electron chi connectivity index (χ3n) is 5.15. The van der Waals surface area contributed by atoms with Gasteiger partial charge in [0.2, 0.25) is 4.80 Å². The molecule has 0 aliphatic rings. The third-order valence-corrected chi connectivity index (χ3v) is 6.01. The van der Waals surface area contributed by atoms with Crippen molar-refractivity contribution >= 4 is 23.2 Å². The molecule has 32 heavy (non-hydrogen) atoms. The number of phenolic OH excluding ortho intramolecular Hbond substituents is 1. The normalized spacial score (nSPS) is 12.0. The van der Waals surface area contributed by atoms with Gasteiger partial charge in [-0.2, -0.15) is 5.10 Å². The van der Waals surface area contributed by atoms with Crippen molar-refractivity contribution in [3.8, 4) is 17.2 Å². The van der Waals surface area contributed by atoms with Gasteiger partial charge in [-0.3, -0.25) is 4.99 Å². The molecular formula is C25H26N4O2S. The molecule has 0 saturated carbocycles. The molecule has 164 valence electrons. The van der Waals surface area contributed by atoms with E-state index in [2.05, 4.69) is 23.8 Å². The number of rotatable bonds is 8. The van der Waals surface area contributed by atoms with Crippen LogP contribution >= 0.6 is 11.3 Å². The van der Waals surface area contributed by atoms with E-state index in [-0.39, 0.29) is 5.75 Å². The lowest BCUT2D eigenvalue weighted by Gasteiger charge is -2.21. The summed E-state index contributed by atoms with van der Waals surface area (Å²) in [4.78, 5) is 7.69. The number of nitrogens with zero attached hydrogens (tertiary/aromatic N) is 4. The number of hydrogen-bond acceptors (Lipinski definition) is 6. The van der Waals surface area contributed by atoms with Gasteiger partial charge in [0.1, 0.15) is 11.4 Å². The fourth-order valence-electron chi connectivity index (χ4n) is 3.40. The minimum atomic E-state index is 0.191. The second-order valence-electron chi connectivity index (χ2n) is 7.15. The lowest BCUT2D eigenvalue weighted by atomic mass is 10.2. The van der Waals surface area contributed by atoms with Crippen molar-refractivity contribution in [2.75, 3.05) is 18.0 Å². The molecule has 0 aliphatic carbocycles.